The first-order valence-electron chi connectivity index (χ1n) is 7.95. The van der Waals surface area contributed by atoms with Crippen LogP contribution in [0.25, 0.3) is 0 Å². The lowest BCUT2D eigenvalue weighted by Gasteiger charge is -2.35. The third-order valence-electron chi connectivity index (χ3n) is 4.16. The lowest BCUT2D eigenvalue weighted by Crippen LogP contribution is -2.44. The molecule has 0 heterocycles. The van der Waals surface area contributed by atoms with E-state index in [1.54, 1.807) is 0 Å². The summed E-state index contributed by atoms with van der Waals surface area (Å²) in [6, 6.07) is 11.2. The molecule has 0 saturated heterocycles. The van der Waals surface area contributed by atoms with Gasteiger partial charge in [-0.25, -0.2) is 0 Å². The summed E-state index contributed by atoms with van der Waals surface area (Å²) in [5.74, 6) is 0. The predicted molar refractivity (Wildman–Crippen MR) is 84.7 cm³/mol. The average Bonchev–Trinajstić information content (AvgIpc) is 2.40. The van der Waals surface area contributed by atoms with Crippen molar-refractivity contribution in [2.75, 3.05) is 0 Å². The van der Waals surface area contributed by atoms with Gasteiger partial charge in [-0.3, -0.25) is 0 Å². The number of hydrogen-bond acceptors (Lipinski definition) is 2. The minimum atomic E-state index is -0.185. The van der Waals surface area contributed by atoms with Gasteiger partial charge in [0.15, 0.2) is 0 Å². The summed E-state index contributed by atoms with van der Waals surface area (Å²) >= 11 is 0. The van der Waals surface area contributed by atoms with E-state index in [-0.39, 0.29) is 17.6 Å². The van der Waals surface area contributed by atoms with Crippen LogP contribution in [0.15, 0.2) is 30.3 Å². The summed E-state index contributed by atoms with van der Waals surface area (Å²) < 4.78 is 0. The van der Waals surface area contributed by atoms with E-state index in [4.69, 9.17) is 0 Å². The fourth-order valence-electron chi connectivity index (χ4n) is 3.13. The van der Waals surface area contributed by atoms with Crippen molar-refractivity contribution in [2.24, 2.45) is 5.41 Å². The summed E-state index contributed by atoms with van der Waals surface area (Å²) in [7, 11) is 0. The van der Waals surface area contributed by atoms with Gasteiger partial charge in [-0.15, -0.1) is 0 Å². The normalized spacial score (nSPS) is 25.4. The van der Waals surface area contributed by atoms with Crippen LogP contribution in [0, 0.1) is 5.41 Å². The van der Waals surface area contributed by atoms with Crippen molar-refractivity contribution in [1.82, 2.24) is 5.32 Å². The van der Waals surface area contributed by atoms with E-state index in [2.05, 4.69) is 56.4 Å². The Labute approximate surface area is 123 Å². The van der Waals surface area contributed by atoms with Crippen molar-refractivity contribution in [1.29, 1.82) is 0 Å². The van der Waals surface area contributed by atoms with Crippen LogP contribution in [-0.2, 0) is 0 Å². The van der Waals surface area contributed by atoms with Gasteiger partial charge in [-0.1, -0.05) is 63.9 Å². The third-order valence-corrected chi connectivity index (χ3v) is 4.16. The number of nitrogens with one attached hydrogen (secondary N) is 1. The van der Waals surface area contributed by atoms with Gasteiger partial charge in [0, 0.05) is 12.1 Å². The summed E-state index contributed by atoms with van der Waals surface area (Å²) in [5.41, 5.74) is 1.60. The van der Waals surface area contributed by atoms with Crippen molar-refractivity contribution >= 4 is 0 Å². The zero-order valence-electron chi connectivity index (χ0n) is 13.1. The molecule has 1 aromatic rings. The summed E-state index contributed by atoms with van der Waals surface area (Å²) in [5, 5.41) is 13.9. The van der Waals surface area contributed by atoms with Crippen molar-refractivity contribution in [3.63, 3.8) is 0 Å². The molecule has 0 spiro atoms. The molecule has 112 valence electrons. The molecule has 0 bridgehead atoms. The van der Waals surface area contributed by atoms with Gasteiger partial charge in [-0.2, -0.15) is 0 Å². The maximum Gasteiger partial charge on any atom is 0.0693 e. The van der Waals surface area contributed by atoms with Gasteiger partial charge < -0.3 is 10.4 Å². The van der Waals surface area contributed by atoms with Crippen LogP contribution in [0.1, 0.15) is 64.5 Å². The molecular weight excluding hydrogens is 246 g/mol. The minimum Gasteiger partial charge on any atom is -0.392 e. The van der Waals surface area contributed by atoms with Crippen molar-refractivity contribution in [2.45, 2.75) is 71.1 Å². The topological polar surface area (TPSA) is 32.3 Å². The Kier molecular flexibility index (Phi) is 5.22. The third kappa shape index (κ3) is 4.60. The highest BCUT2D eigenvalue weighted by Gasteiger charge is 2.28. The second-order valence-electron chi connectivity index (χ2n) is 7.35. The molecule has 2 rings (SSSR count). The van der Waals surface area contributed by atoms with Gasteiger partial charge in [-0.05, 0) is 30.2 Å². The summed E-state index contributed by atoms with van der Waals surface area (Å²) in [4.78, 5) is 0. The van der Waals surface area contributed by atoms with Crippen LogP contribution < -0.4 is 5.32 Å². The van der Waals surface area contributed by atoms with Gasteiger partial charge in [0.05, 0.1) is 6.10 Å². The Morgan fingerprint density at radius 2 is 1.80 bits per heavy atom. The molecule has 3 atom stereocenters. The van der Waals surface area contributed by atoms with Gasteiger partial charge >= 0.3 is 0 Å². The zero-order valence-corrected chi connectivity index (χ0v) is 13.1. The van der Waals surface area contributed by atoms with Gasteiger partial charge in [0.1, 0.15) is 0 Å². The monoisotopic (exact) mass is 275 g/mol. The first-order valence-corrected chi connectivity index (χ1v) is 7.95. The molecule has 2 nitrogen and oxygen atoms in total. The fraction of sp³-hybridized carbons (Fsp3) is 0.667. The van der Waals surface area contributed by atoms with Crippen molar-refractivity contribution < 1.29 is 5.11 Å². The molecule has 1 aromatic carbocycles. The summed E-state index contributed by atoms with van der Waals surface area (Å²) in [6.07, 6.45) is 5.32. The molecule has 1 aliphatic rings. The second-order valence-corrected chi connectivity index (χ2v) is 7.35. The molecule has 20 heavy (non-hydrogen) atoms. The molecule has 3 unspecified atom stereocenters. The Morgan fingerprint density at radius 1 is 1.15 bits per heavy atom. The Bertz CT molecular complexity index is 396. The van der Waals surface area contributed by atoms with Crippen molar-refractivity contribution in [3.8, 4) is 0 Å². The highest BCUT2D eigenvalue weighted by atomic mass is 16.3. The van der Waals surface area contributed by atoms with E-state index in [9.17, 15) is 5.11 Å². The van der Waals surface area contributed by atoms with E-state index in [1.165, 1.54) is 12.0 Å². The predicted octanol–water partition coefficient (Wildman–Crippen LogP) is 4.06. The van der Waals surface area contributed by atoms with E-state index in [0.717, 1.165) is 25.7 Å². The quantitative estimate of drug-likeness (QED) is 0.868. The van der Waals surface area contributed by atoms with E-state index in [1.807, 2.05) is 0 Å². The lowest BCUT2D eigenvalue weighted by molar-refractivity contribution is 0.0809. The molecular formula is C18H29NO. The van der Waals surface area contributed by atoms with Crippen molar-refractivity contribution in [3.05, 3.63) is 35.9 Å². The highest BCUT2D eigenvalue weighted by molar-refractivity contribution is 5.19. The van der Waals surface area contributed by atoms with E-state index >= 15 is 0 Å². The maximum absolute atomic E-state index is 10.2. The molecule has 2 N–H and O–H groups in total. The largest absolute Gasteiger partial charge is 0.392 e. The molecule has 0 aliphatic heterocycles. The van der Waals surface area contributed by atoms with Crippen LogP contribution >= 0.6 is 0 Å². The van der Waals surface area contributed by atoms with Crippen LogP contribution in [0.5, 0.6) is 0 Å². The zero-order chi connectivity index (χ0) is 14.6. The fourth-order valence-corrected chi connectivity index (χ4v) is 3.13. The Morgan fingerprint density at radius 3 is 2.40 bits per heavy atom. The first-order chi connectivity index (χ1) is 9.46. The molecule has 0 amide bonds. The Hall–Kier alpha value is -0.860. The van der Waals surface area contributed by atoms with Crippen LogP contribution in [0.4, 0.5) is 0 Å². The minimum absolute atomic E-state index is 0.185. The molecule has 1 aliphatic carbocycles. The average molecular weight is 275 g/mol. The number of hydrogen-bond donors (Lipinski definition) is 2. The maximum atomic E-state index is 10.2. The van der Waals surface area contributed by atoms with Crippen LogP contribution in [0.3, 0.4) is 0 Å². The molecule has 0 aromatic heterocycles. The number of aliphatic hydroxyl groups is 1. The SMILES string of the molecule is CC(C)(C)CC(NC1CCCCC1O)c1ccccc1. The lowest BCUT2D eigenvalue weighted by atomic mass is 9.84. The molecule has 2 heteroatoms. The Balaban J connectivity index is 2.10. The van der Waals surface area contributed by atoms with E-state index in [0.29, 0.717) is 6.04 Å². The smallest absolute Gasteiger partial charge is 0.0693 e. The molecule has 1 saturated carbocycles. The highest BCUT2D eigenvalue weighted by Crippen LogP contribution is 2.31. The second kappa shape index (κ2) is 6.73. The first kappa shape index (κ1) is 15.5. The van der Waals surface area contributed by atoms with Crippen LogP contribution in [0.2, 0.25) is 0 Å². The van der Waals surface area contributed by atoms with Gasteiger partial charge in [0.2, 0.25) is 0 Å². The molecule has 1 fully saturated rings. The van der Waals surface area contributed by atoms with Gasteiger partial charge in [0.25, 0.3) is 0 Å². The molecule has 0 radical (unpaired) electrons. The summed E-state index contributed by atoms with van der Waals surface area (Å²) in [6.45, 7) is 6.84. The van der Waals surface area contributed by atoms with E-state index < -0.39 is 0 Å². The van der Waals surface area contributed by atoms with Crippen LogP contribution in [-0.4, -0.2) is 17.3 Å². The number of benzene rings is 1. The number of rotatable bonds is 4. The standard InChI is InChI=1S/C18H29NO/c1-18(2,3)13-16(14-9-5-4-6-10-14)19-15-11-7-8-12-17(15)20/h4-6,9-10,15-17,19-20H,7-8,11-13H2,1-3H3. The number of aliphatic hydroxyl groups excluding tert-OH is 1.